The van der Waals surface area contributed by atoms with E-state index in [0.29, 0.717) is 5.02 Å². The fourth-order valence-corrected chi connectivity index (χ4v) is 4.80. The third-order valence-electron chi connectivity index (χ3n) is 4.01. The molecule has 1 fully saturated rings. The second-order valence-electron chi connectivity index (χ2n) is 5.72. The van der Waals surface area contributed by atoms with Crippen LogP contribution in [0, 0.1) is 0 Å². The predicted octanol–water partition coefficient (Wildman–Crippen LogP) is 5.34. The first-order valence-electron chi connectivity index (χ1n) is 7.94. The minimum atomic E-state index is 0.275. The highest BCUT2D eigenvalue weighted by Gasteiger charge is 2.19. The third-order valence-corrected chi connectivity index (χ3v) is 6.01. The lowest BCUT2D eigenvalue weighted by Crippen LogP contribution is -2.23. The second kappa shape index (κ2) is 7.23. The van der Waals surface area contributed by atoms with Crippen molar-refractivity contribution in [3.8, 4) is 10.6 Å². The molecule has 6 heteroatoms. The number of benzene rings is 1. The van der Waals surface area contributed by atoms with Crippen molar-refractivity contribution in [2.75, 3.05) is 6.61 Å². The van der Waals surface area contributed by atoms with Gasteiger partial charge in [0.2, 0.25) is 0 Å². The molecular weight excluding hydrogens is 360 g/mol. The van der Waals surface area contributed by atoms with Crippen molar-refractivity contribution in [1.29, 1.82) is 0 Å². The molecule has 124 valence electrons. The quantitative estimate of drug-likeness (QED) is 0.603. The average Bonchev–Trinajstić information content (AvgIpc) is 3.31. The highest BCUT2D eigenvalue weighted by atomic mass is 35.5. The van der Waals surface area contributed by atoms with Gasteiger partial charge in [0, 0.05) is 17.0 Å². The summed E-state index contributed by atoms with van der Waals surface area (Å²) in [4.78, 5) is 7.06. The summed E-state index contributed by atoms with van der Waals surface area (Å²) in [6.07, 6.45) is 2.53. The van der Waals surface area contributed by atoms with Gasteiger partial charge in [-0.1, -0.05) is 23.7 Å². The van der Waals surface area contributed by atoms with Crippen LogP contribution in [-0.4, -0.2) is 17.3 Å². The molecule has 2 aromatic heterocycles. The lowest BCUT2D eigenvalue weighted by molar-refractivity contribution is 0.0968. The number of aromatic nitrogens is 1. The van der Waals surface area contributed by atoms with Crippen LogP contribution in [0.5, 0.6) is 0 Å². The fourth-order valence-electron chi connectivity index (χ4n) is 2.87. The van der Waals surface area contributed by atoms with Gasteiger partial charge in [0.1, 0.15) is 0 Å². The number of halogens is 1. The summed E-state index contributed by atoms with van der Waals surface area (Å²) in [5.74, 6) is 0. The third kappa shape index (κ3) is 3.49. The molecule has 1 aliphatic rings. The lowest BCUT2D eigenvalue weighted by Gasteiger charge is -2.13. The molecular formula is C18H17ClN2OS2. The minimum absolute atomic E-state index is 0.275. The monoisotopic (exact) mass is 376 g/mol. The average molecular weight is 377 g/mol. The second-order valence-corrected chi connectivity index (χ2v) is 7.94. The van der Waals surface area contributed by atoms with Crippen molar-refractivity contribution < 1.29 is 4.74 Å². The molecule has 3 aromatic rings. The van der Waals surface area contributed by atoms with Crippen molar-refractivity contribution in [2.45, 2.75) is 25.5 Å². The maximum atomic E-state index is 6.09. The Morgan fingerprint density at radius 1 is 1.25 bits per heavy atom. The SMILES string of the molecule is Clc1cccc(N=c2scc(-c3cccs3)n2CC2CCCO2)c1. The lowest BCUT2D eigenvalue weighted by atomic mass is 10.2. The van der Waals surface area contributed by atoms with E-state index in [1.54, 1.807) is 22.7 Å². The fraction of sp³-hybridized carbons (Fsp3) is 0.278. The zero-order valence-corrected chi connectivity index (χ0v) is 15.4. The molecule has 1 saturated heterocycles. The first-order chi connectivity index (χ1) is 11.8. The van der Waals surface area contributed by atoms with E-state index < -0.39 is 0 Å². The van der Waals surface area contributed by atoms with Crippen molar-refractivity contribution in [1.82, 2.24) is 4.57 Å². The molecule has 3 nitrogen and oxygen atoms in total. The predicted molar refractivity (Wildman–Crippen MR) is 101 cm³/mol. The highest BCUT2D eigenvalue weighted by Crippen LogP contribution is 2.27. The first-order valence-corrected chi connectivity index (χ1v) is 10.1. The summed E-state index contributed by atoms with van der Waals surface area (Å²) in [7, 11) is 0. The highest BCUT2D eigenvalue weighted by molar-refractivity contribution is 7.14. The normalized spacial score (nSPS) is 18.4. The van der Waals surface area contributed by atoms with Gasteiger partial charge in [-0.25, -0.2) is 4.99 Å². The Morgan fingerprint density at radius 2 is 2.21 bits per heavy atom. The van der Waals surface area contributed by atoms with Crippen molar-refractivity contribution in [3.05, 3.63) is 57.0 Å². The molecule has 0 N–H and O–H groups in total. The molecule has 1 unspecified atom stereocenters. The Labute approximate surface area is 153 Å². The van der Waals surface area contributed by atoms with Gasteiger partial charge >= 0.3 is 0 Å². The van der Waals surface area contributed by atoms with Crippen LogP contribution in [0.25, 0.3) is 10.6 Å². The van der Waals surface area contributed by atoms with E-state index in [0.717, 1.165) is 36.5 Å². The number of thiophene rings is 1. The molecule has 0 amide bonds. The van der Waals surface area contributed by atoms with Gasteiger partial charge < -0.3 is 9.30 Å². The summed E-state index contributed by atoms with van der Waals surface area (Å²) in [5, 5.41) is 5.00. The van der Waals surface area contributed by atoms with Crippen LogP contribution in [0.15, 0.2) is 52.2 Å². The molecule has 24 heavy (non-hydrogen) atoms. The number of rotatable bonds is 4. The standard InChI is InChI=1S/C18H17ClN2OS2/c19-13-4-1-5-14(10-13)20-18-21(11-15-6-2-8-22-15)16(12-24-18)17-7-3-9-23-17/h1,3-5,7,9-10,12,15H,2,6,8,11H2. The summed E-state index contributed by atoms with van der Waals surface area (Å²) >= 11 is 9.51. The van der Waals surface area contributed by atoms with Crippen LogP contribution in [0.4, 0.5) is 5.69 Å². The zero-order chi connectivity index (χ0) is 16.4. The van der Waals surface area contributed by atoms with Gasteiger partial charge in [-0.2, -0.15) is 0 Å². The van der Waals surface area contributed by atoms with Crippen molar-refractivity contribution >= 4 is 40.0 Å². The van der Waals surface area contributed by atoms with Crippen LogP contribution in [-0.2, 0) is 11.3 Å². The number of hydrogen-bond acceptors (Lipinski definition) is 4. The smallest absolute Gasteiger partial charge is 0.190 e. The van der Waals surface area contributed by atoms with E-state index in [4.69, 9.17) is 21.3 Å². The minimum Gasteiger partial charge on any atom is -0.376 e. The summed E-state index contributed by atoms with van der Waals surface area (Å²) in [6.45, 7) is 1.71. The van der Waals surface area contributed by atoms with Gasteiger partial charge in [0.15, 0.2) is 4.80 Å². The maximum Gasteiger partial charge on any atom is 0.190 e. The molecule has 0 saturated carbocycles. The Bertz CT molecular complexity index is 877. The molecule has 4 rings (SSSR count). The molecule has 0 bridgehead atoms. The van der Waals surface area contributed by atoms with Crippen LogP contribution in [0.3, 0.4) is 0 Å². The van der Waals surface area contributed by atoms with Crippen LogP contribution in [0.2, 0.25) is 5.02 Å². The number of thiazole rings is 1. The number of nitrogens with zero attached hydrogens (tertiary/aromatic N) is 2. The van der Waals surface area contributed by atoms with E-state index in [1.165, 1.54) is 10.6 Å². The molecule has 0 aliphatic carbocycles. The number of hydrogen-bond donors (Lipinski definition) is 0. The molecule has 0 radical (unpaired) electrons. The van der Waals surface area contributed by atoms with Gasteiger partial charge in [0.05, 0.1) is 28.9 Å². The zero-order valence-electron chi connectivity index (χ0n) is 13.0. The van der Waals surface area contributed by atoms with E-state index in [2.05, 4.69) is 27.5 Å². The van der Waals surface area contributed by atoms with E-state index in [9.17, 15) is 0 Å². The molecule has 3 heterocycles. The summed E-state index contributed by atoms with van der Waals surface area (Å²) in [6, 6.07) is 11.9. The largest absolute Gasteiger partial charge is 0.376 e. The van der Waals surface area contributed by atoms with Gasteiger partial charge in [-0.15, -0.1) is 22.7 Å². The van der Waals surface area contributed by atoms with Crippen LogP contribution < -0.4 is 4.80 Å². The van der Waals surface area contributed by atoms with Crippen LogP contribution >= 0.6 is 34.3 Å². The van der Waals surface area contributed by atoms with Crippen molar-refractivity contribution in [2.24, 2.45) is 4.99 Å². The van der Waals surface area contributed by atoms with Gasteiger partial charge in [-0.05, 0) is 42.5 Å². The summed E-state index contributed by atoms with van der Waals surface area (Å²) in [5.41, 5.74) is 2.09. The van der Waals surface area contributed by atoms with Gasteiger partial charge in [-0.3, -0.25) is 0 Å². The van der Waals surface area contributed by atoms with E-state index >= 15 is 0 Å². The first kappa shape index (κ1) is 16.1. The molecule has 1 aliphatic heterocycles. The summed E-state index contributed by atoms with van der Waals surface area (Å²) < 4.78 is 8.13. The van der Waals surface area contributed by atoms with E-state index in [1.807, 2.05) is 24.3 Å². The Hall–Kier alpha value is -1.40. The Kier molecular flexibility index (Phi) is 4.85. The Morgan fingerprint density at radius 3 is 2.96 bits per heavy atom. The molecule has 0 spiro atoms. The Balaban J connectivity index is 1.78. The maximum absolute atomic E-state index is 6.09. The number of ether oxygens (including phenoxy) is 1. The molecule has 1 atom stereocenters. The van der Waals surface area contributed by atoms with Gasteiger partial charge in [0.25, 0.3) is 0 Å². The van der Waals surface area contributed by atoms with Crippen molar-refractivity contribution in [3.63, 3.8) is 0 Å². The van der Waals surface area contributed by atoms with E-state index in [-0.39, 0.29) is 6.10 Å². The molecule has 1 aromatic carbocycles. The topological polar surface area (TPSA) is 26.5 Å². The van der Waals surface area contributed by atoms with Crippen LogP contribution in [0.1, 0.15) is 12.8 Å².